The number of nitrogens with zero attached hydrogens (tertiary/aromatic N) is 1. The van der Waals surface area contributed by atoms with Crippen LogP contribution in [0.3, 0.4) is 0 Å². The molecule has 1 aliphatic rings. The molecule has 0 aliphatic heterocycles. The number of aromatic amines is 1. The van der Waals surface area contributed by atoms with E-state index in [1.807, 2.05) is 24.4 Å². The van der Waals surface area contributed by atoms with Gasteiger partial charge >= 0.3 is 0 Å². The van der Waals surface area contributed by atoms with Gasteiger partial charge in [0.1, 0.15) is 0 Å². The summed E-state index contributed by atoms with van der Waals surface area (Å²) in [7, 11) is 2.15. The first kappa shape index (κ1) is 16.2. The molecule has 5 rings (SSSR count). The Balaban J connectivity index is 1.34. The number of carbonyl (C=O) groups is 1. The SMILES string of the molecule is Cn1c2c(c3ccccc31)CC(NC(=O)Cc1c[nH]c3ccccc13)CC2. The normalized spacial score (nSPS) is 16.6. The van der Waals surface area contributed by atoms with Crippen LogP contribution in [0.1, 0.15) is 23.2 Å². The lowest BCUT2D eigenvalue weighted by molar-refractivity contribution is -0.121. The fourth-order valence-electron chi connectivity index (χ4n) is 4.58. The Bertz CT molecular complexity index is 1150. The van der Waals surface area contributed by atoms with E-state index in [0.717, 1.165) is 35.7 Å². The van der Waals surface area contributed by atoms with Crippen LogP contribution >= 0.6 is 0 Å². The van der Waals surface area contributed by atoms with Crippen LogP contribution in [-0.4, -0.2) is 21.5 Å². The van der Waals surface area contributed by atoms with Crippen molar-refractivity contribution in [3.05, 3.63) is 71.5 Å². The molecule has 2 aromatic carbocycles. The van der Waals surface area contributed by atoms with Gasteiger partial charge in [0, 0.05) is 46.8 Å². The second-order valence-electron chi connectivity index (χ2n) is 7.54. The van der Waals surface area contributed by atoms with Crippen molar-refractivity contribution < 1.29 is 4.79 Å². The predicted molar refractivity (Wildman–Crippen MR) is 109 cm³/mol. The maximum Gasteiger partial charge on any atom is 0.224 e. The Morgan fingerprint density at radius 1 is 1.15 bits per heavy atom. The third kappa shape index (κ3) is 2.72. The Labute approximate surface area is 158 Å². The van der Waals surface area contributed by atoms with Crippen molar-refractivity contribution in [1.82, 2.24) is 14.9 Å². The lowest BCUT2D eigenvalue weighted by atomic mass is 9.91. The van der Waals surface area contributed by atoms with Crippen LogP contribution < -0.4 is 5.32 Å². The summed E-state index contributed by atoms with van der Waals surface area (Å²) in [4.78, 5) is 15.9. The van der Waals surface area contributed by atoms with Gasteiger partial charge in [-0.15, -0.1) is 0 Å². The highest BCUT2D eigenvalue weighted by atomic mass is 16.1. The standard InChI is InChI=1S/C23H23N3O/c1-26-21-9-5-3-7-18(21)19-13-16(10-11-22(19)26)25-23(27)12-15-14-24-20-8-4-2-6-17(15)20/h2-9,14,16,24H,10-13H2,1H3,(H,25,27). The van der Waals surface area contributed by atoms with Crippen molar-refractivity contribution >= 4 is 27.7 Å². The van der Waals surface area contributed by atoms with Crippen LogP contribution in [0.15, 0.2) is 54.7 Å². The number of nitrogens with one attached hydrogen (secondary N) is 2. The average Bonchev–Trinajstić information content (AvgIpc) is 3.22. The van der Waals surface area contributed by atoms with E-state index in [9.17, 15) is 4.79 Å². The summed E-state index contributed by atoms with van der Waals surface area (Å²) in [5.41, 5.74) is 6.24. The lowest BCUT2D eigenvalue weighted by Gasteiger charge is -2.24. The van der Waals surface area contributed by atoms with Gasteiger partial charge in [-0.05, 0) is 42.5 Å². The van der Waals surface area contributed by atoms with Crippen molar-refractivity contribution in [1.29, 1.82) is 0 Å². The molecule has 1 amide bonds. The van der Waals surface area contributed by atoms with Crippen molar-refractivity contribution in [2.24, 2.45) is 7.05 Å². The van der Waals surface area contributed by atoms with Gasteiger partial charge < -0.3 is 14.9 Å². The maximum atomic E-state index is 12.7. The monoisotopic (exact) mass is 357 g/mol. The Morgan fingerprint density at radius 3 is 2.81 bits per heavy atom. The highest BCUT2D eigenvalue weighted by Gasteiger charge is 2.25. The van der Waals surface area contributed by atoms with E-state index in [1.165, 1.54) is 22.2 Å². The zero-order chi connectivity index (χ0) is 18.4. The van der Waals surface area contributed by atoms with Crippen molar-refractivity contribution in [3.63, 3.8) is 0 Å². The summed E-state index contributed by atoms with van der Waals surface area (Å²) in [6.45, 7) is 0. The molecule has 2 aromatic heterocycles. The molecule has 0 fully saturated rings. The molecule has 2 N–H and O–H groups in total. The highest BCUT2D eigenvalue weighted by Crippen LogP contribution is 2.31. The number of carbonyl (C=O) groups excluding carboxylic acids is 1. The van der Waals surface area contributed by atoms with Crippen LogP contribution in [-0.2, 0) is 31.1 Å². The van der Waals surface area contributed by atoms with E-state index in [-0.39, 0.29) is 11.9 Å². The maximum absolute atomic E-state index is 12.7. The number of rotatable bonds is 3. The third-order valence-corrected chi connectivity index (χ3v) is 5.91. The first-order chi connectivity index (χ1) is 13.2. The van der Waals surface area contributed by atoms with Gasteiger partial charge in [0.05, 0.1) is 6.42 Å². The number of hydrogen-bond donors (Lipinski definition) is 2. The molecule has 0 radical (unpaired) electrons. The molecular formula is C23H23N3O. The molecule has 4 heteroatoms. The minimum Gasteiger partial charge on any atom is -0.361 e. The third-order valence-electron chi connectivity index (χ3n) is 5.91. The van der Waals surface area contributed by atoms with Crippen molar-refractivity contribution in [2.45, 2.75) is 31.7 Å². The molecule has 0 saturated carbocycles. The van der Waals surface area contributed by atoms with E-state index in [1.54, 1.807) is 0 Å². The van der Waals surface area contributed by atoms with Gasteiger partial charge in [0.2, 0.25) is 5.91 Å². The van der Waals surface area contributed by atoms with Crippen LogP contribution in [0.2, 0.25) is 0 Å². The second kappa shape index (κ2) is 6.31. The van der Waals surface area contributed by atoms with Crippen LogP contribution in [0.4, 0.5) is 0 Å². The number of benzene rings is 2. The molecular weight excluding hydrogens is 334 g/mol. The zero-order valence-corrected chi connectivity index (χ0v) is 15.5. The summed E-state index contributed by atoms with van der Waals surface area (Å²) in [6.07, 6.45) is 5.29. The van der Waals surface area contributed by atoms with Gasteiger partial charge in [-0.1, -0.05) is 36.4 Å². The van der Waals surface area contributed by atoms with Gasteiger partial charge in [-0.2, -0.15) is 0 Å². The van der Waals surface area contributed by atoms with Gasteiger partial charge in [0.25, 0.3) is 0 Å². The van der Waals surface area contributed by atoms with Crippen molar-refractivity contribution in [2.75, 3.05) is 0 Å². The number of aromatic nitrogens is 2. The smallest absolute Gasteiger partial charge is 0.224 e. The van der Waals surface area contributed by atoms with Gasteiger partial charge in [0.15, 0.2) is 0 Å². The molecule has 0 spiro atoms. The highest BCUT2D eigenvalue weighted by molar-refractivity contribution is 5.89. The number of amides is 1. The summed E-state index contributed by atoms with van der Waals surface area (Å²) in [5, 5.41) is 5.73. The Hall–Kier alpha value is -3.01. The summed E-state index contributed by atoms with van der Waals surface area (Å²) in [5.74, 6) is 0.105. The molecule has 27 heavy (non-hydrogen) atoms. The topological polar surface area (TPSA) is 49.8 Å². The molecule has 2 heterocycles. The number of aryl methyl sites for hydroxylation is 1. The summed E-state index contributed by atoms with van der Waals surface area (Å²) >= 11 is 0. The molecule has 0 saturated heterocycles. The second-order valence-corrected chi connectivity index (χ2v) is 7.54. The molecule has 4 aromatic rings. The Kier molecular flexibility index (Phi) is 3.78. The largest absolute Gasteiger partial charge is 0.361 e. The van der Waals surface area contributed by atoms with Crippen LogP contribution in [0, 0.1) is 0 Å². The molecule has 0 bridgehead atoms. The molecule has 136 valence electrons. The minimum absolute atomic E-state index is 0.105. The van der Waals surface area contributed by atoms with Crippen molar-refractivity contribution in [3.8, 4) is 0 Å². The van der Waals surface area contributed by atoms with E-state index in [0.29, 0.717) is 6.42 Å². The average molecular weight is 357 g/mol. The zero-order valence-electron chi connectivity index (χ0n) is 15.5. The van der Waals surface area contributed by atoms with E-state index in [4.69, 9.17) is 0 Å². The molecule has 4 nitrogen and oxygen atoms in total. The van der Waals surface area contributed by atoms with E-state index < -0.39 is 0 Å². The number of hydrogen-bond acceptors (Lipinski definition) is 1. The van der Waals surface area contributed by atoms with E-state index in [2.05, 4.69) is 52.2 Å². The van der Waals surface area contributed by atoms with Crippen LogP contribution in [0.25, 0.3) is 21.8 Å². The van der Waals surface area contributed by atoms with Gasteiger partial charge in [-0.25, -0.2) is 0 Å². The predicted octanol–water partition coefficient (Wildman–Crippen LogP) is 3.88. The molecule has 1 aliphatic carbocycles. The number of fused-ring (bicyclic) bond motifs is 4. The summed E-state index contributed by atoms with van der Waals surface area (Å²) in [6, 6.07) is 16.9. The molecule has 1 atom stereocenters. The van der Waals surface area contributed by atoms with Crippen LogP contribution in [0.5, 0.6) is 0 Å². The first-order valence-corrected chi connectivity index (χ1v) is 9.60. The Morgan fingerprint density at radius 2 is 1.93 bits per heavy atom. The van der Waals surface area contributed by atoms with E-state index >= 15 is 0 Å². The quantitative estimate of drug-likeness (QED) is 0.574. The fraction of sp³-hybridized carbons (Fsp3) is 0.261. The number of H-pyrrole nitrogens is 1. The molecule has 1 unspecified atom stereocenters. The number of para-hydroxylation sites is 2. The first-order valence-electron chi connectivity index (χ1n) is 9.60. The minimum atomic E-state index is 0.105. The fourth-order valence-corrected chi connectivity index (χ4v) is 4.58. The summed E-state index contributed by atoms with van der Waals surface area (Å²) < 4.78 is 2.31. The lowest BCUT2D eigenvalue weighted by Crippen LogP contribution is -2.39. The van der Waals surface area contributed by atoms with Gasteiger partial charge in [-0.3, -0.25) is 4.79 Å².